The van der Waals surface area contributed by atoms with Crippen molar-refractivity contribution >= 4 is 17.5 Å². The van der Waals surface area contributed by atoms with Gasteiger partial charge in [0.1, 0.15) is 5.75 Å². The molecule has 1 aliphatic rings. The molecule has 2 heterocycles. The maximum absolute atomic E-state index is 12.9. The third-order valence-electron chi connectivity index (χ3n) is 6.56. The molecule has 1 N–H and O–H groups in total. The van der Waals surface area contributed by atoms with E-state index in [0.717, 1.165) is 23.2 Å². The van der Waals surface area contributed by atoms with Gasteiger partial charge >= 0.3 is 0 Å². The first kappa shape index (κ1) is 23.7. The number of benzene rings is 1. The molecule has 0 unspecified atom stereocenters. The van der Waals surface area contributed by atoms with Gasteiger partial charge in [0.2, 0.25) is 5.78 Å². The number of anilines is 1. The zero-order chi connectivity index (χ0) is 24.5. The lowest BCUT2D eigenvalue weighted by molar-refractivity contribution is 0.0920. The molecule has 1 saturated carbocycles. The number of hydrogen-bond donors (Lipinski definition) is 1. The summed E-state index contributed by atoms with van der Waals surface area (Å²) < 4.78 is 7.71. The zero-order valence-electron chi connectivity index (χ0n) is 20.5. The van der Waals surface area contributed by atoms with Crippen LogP contribution in [0.4, 0.5) is 5.82 Å². The Balaban J connectivity index is 1.60. The largest absolute Gasteiger partial charge is 0.485 e. The normalized spacial score (nSPS) is 13.6. The zero-order valence-corrected chi connectivity index (χ0v) is 20.5. The van der Waals surface area contributed by atoms with Crippen molar-refractivity contribution in [2.75, 3.05) is 11.9 Å². The fourth-order valence-electron chi connectivity index (χ4n) is 4.27. The Kier molecular flexibility index (Phi) is 6.55. The summed E-state index contributed by atoms with van der Waals surface area (Å²) in [5.41, 5.74) is 3.96. The van der Waals surface area contributed by atoms with Crippen LogP contribution in [0.3, 0.4) is 0 Å². The number of ether oxygens (including phenoxy) is 1. The van der Waals surface area contributed by atoms with Crippen LogP contribution in [0.15, 0.2) is 42.7 Å². The van der Waals surface area contributed by atoms with Gasteiger partial charge in [0.15, 0.2) is 12.4 Å². The number of Topliss-reactive ketones (excluding diaryl/α,β-unsaturated/α-hetero) is 1. The van der Waals surface area contributed by atoms with E-state index in [9.17, 15) is 9.59 Å². The topological polar surface area (TPSA) is 86.1 Å². The molecule has 0 spiro atoms. The lowest BCUT2D eigenvalue weighted by Gasteiger charge is -2.27. The van der Waals surface area contributed by atoms with Gasteiger partial charge in [-0.1, -0.05) is 13.8 Å². The number of ketones is 1. The van der Waals surface area contributed by atoms with Crippen molar-refractivity contribution in [2.45, 2.75) is 47.0 Å². The second-order valence-electron chi connectivity index (χ2n) is 9.94. The average molecular weight is 461 g/mol. The molecular formula is C27H32N4O3. The highest BCUT2D eigenvalue weighted by molar-refractivity contribution is 6.04. The number of amides is 1. The smallest absolute Gasteiger partial charge is 0.257 e. The van der Waals surface area contributed by atoms with Crippen LogP contribution >= 0.6 is 0 Å². The predicted octanol–water partition coefficient (Wildman–Crippen LogP) is 4.92. The van der Waals surface area contributed by atoms with E-state index < -0.39 is 0 Å². The Morgan fingerprint density at radius 2 is 1.91 bits per heavy atom. The fourth-order valence-corrected chi connectivity index (χ4v) is 4.27. The van der Waals surface area contributed by atoms with Gasteiger partial charge < -0.3 is 10.1 Å². The number of nitrogens with one attached hydrogen (secondary N) is 1. The van der Waals surface area contributed by atoms with Gasteiger partial charge in [0.05, 0.1) is 0 Å². The van der Waals surface area contributed by atoms with Crippen LogP contribution in [0.5, 0.6) is 5.75 Å². The summed E-state index contributed by atoms with van der Waals surface area (Å²) in [6.07, 6.45) is 6.64. The minimum absolute atomic E-state index is 0.117. The second-order valence-corrected chi connectivity index (χ2v) is 9.94. The van der Waals surface area contributed by atoms with Crippen molar-refractivity contribution in [1.82, 2.24) is 14.8 Å². The quantitative estimate of drug-likeness (QED) is 0.458. The minimum atomic E-state index is -0.270. The maximum Gasteiger partial charge on any atom is 0.257 e. The Labute approximate surface area is 200 Å². The third-order valence-corrected chi connectivity index (χ3v) is 6.56. The summed E-state index contributed by atoms with van der Waals surface area (Å²) in [5, 5.41) is 7.04. The molecule has 0 saturated heterocycles. The summed E-state index contributed by atoms with van der Waals surface area (Å²) in [6.45, 7) is 8.31. The standard InChI is InChI=1S/C27H32N4O3/c1-17-12-20(26(33)29-25-10-11-31(5)30-25)13-24(22(17)14-27(3,4)21-8-9-21)34-16-23(32)19-7-6-18(2)28-15-19/h6-7,10-13,15,21H,8-9,14,16H2,1-5H3,(H,29,30,33). The van der Waals surface area contributed by atoms with Crippen LogP contribution in [-0.4, -0.2) is 33.1 Å². The van der Waals surface area contributed by atoms with Gasteiger partial charge in [-0.3, -0.25) is 19.3 Å². The molecule has 0 radical (unpaired) electrons. The van der Waals surface area contributed by atoms with E-state index in [1.807, 2.05) is 26.0 Å². The van der Waals surface area contributed by atoms with E-state index in [1.54, 1.807) is 42.3 Å². The van der Waals surface area contributed by atoms with Crippen LogP contribution in [0.25, 0.3) is 0 Å². The predicted molar refractivity (Wildman–Crippen MR) is 131 cm³/mol. The molecule has 0 atom stereocenters. The second kappa shape index (κ2) is 9.41. The number of aromatic nitrogens is 3. The van der Waals surface area contributed by atoms with Crippen molar-refractivity contribution in [3.8, 4) is 5.75 Å². The highest BCUT2D eigenvalue weighted by Gasteiger charge is 2.38. The van der Waals surface area contributed by atoms with Gasteiger partial charge in [-0.15, -0.1) is 0 Å². The number of nitrogens with zero attached hydrogens (tertiary/aromatic N) is 3. The molecule has 2 aromatic heterocycles. The molecule has 3 aromatic rings. The van der Waals surface area contributed by atoms with Crippen molar-refractivity contribution in [2.24, 2.45) is 18.4 Å². The summed E-state index contributed by atoms with van der Waals surface area (Å²) in [4.78, 5) is 29.9. The van der Waals surface area contributed by atoms with E-state index in [2.05, 4.69) is 29.2 Å². The van der Waals surface area contributed by atoms with Crippen molar-refractivity contribution < 1.29 is 14.3 Å². The van der Waals surface area contributed by atoms with Crippen LogP contribution < -0.4 is 10.1 Å². The highest BCUT2D eigenvalue weighted by Crippen LogP contribution is 2.48. The first-order valence-electron chi connectivity index (χ1n) is 11.7. The molecule has 4 rings (SSSR count). The fraction of sp³-hybridized carbons (Fsp3) is 0.407. The molecule has 0 aliphatic heterocycles. The molecule has 1 amide bonds. The lowest BCUT2D eigenvalue weighted by Crippen LogP contribution is -2.21. The van der Waals surface area contributed by atoms with Crippen LogP contribution in [0.1, 0.15) is 64.2 Å². The number of carbonyl (C=O) groups excluding carboxylic acids is 2. The van der Waals surface area contributed by atoms with E-state index >= 15 is 0 Å². The van der Waals surface area contributed by atoms with E-state index in [4.69, 9.17) is 4.74 Å². The van der Waals surface area contributed by atoms with E-state index in [1.165, 1.54) is 12.8 Å². The van der Waals surface area contributed by atoms with Gasteiger partial charge in [0, 0.05) is 42.3 Å². The maximum atomic E-state index is 12.9. The number of carbonyl (C=O) groups is 2. The van der Waals surface area contributed by atoms with E-state index in [-0.39, 0.29) is 23.7 Å². The molecule has 1 aromatic carbocycles. The SMILES string of the molecule is Cc1ccc(C(=O)COc2cc(C(=O)Nc3ccn(C)n3)cc(C)c2CC(C)(C)C2CC2)cn1. The first-order valence-corrected chi connectivity index (χ1v) is 11.7. The molecule has 7 nitrogen and oxygen atoms in total. The van der Waals surface area contributed by atoms with Gasteiger partial charge in [0.25, 0.3) is 5.91 Å². The molecule has 0 bridgehead atoms. The van der Waals surface area contributed by atoms with Crippen molar-refractivity contribution in [1.29, 1.82) is 0 Å². The highest BCUT2D eigenvalue weighted by atomic mass is 16.5. The van der Waals surface area contributed by atoms with Crippen molar-refractivity contribution in [3.05, 3.63) is 70.7 Å². The number of hydrogen-bond acceptors (Lipinski definition) is 5. The average Bonchev–Trinajstić information content (AvgIpc) is 3.58. The summed E-state index contributed by atoms with van der Waals surface area (Å²) in [6, 6.07) is 8.93. The molecule has 1 aliphatic carbocycles. The Morgan fingerprint density at radius 1 is 1.15 bits per heavy atom. The summed E-state index contributed by atoms with van der Waals surface area (Å²) >= 11 is 0. The van der Waals surface area contributed by atoms with Gasteiger partial charge in [-0.2, -0.15) is 5.10 Å². The number of pyridine rings is 1. The lowest BCUT2D eigenvalue weighted by atomic mass is 9.79. The summed E-state index contributed by atoms with van der Waals surface area (Å²) in [5.74, 6) is 1.32. The van der Waals surface area contributed by atoms with Crippen LogP contribution in [-0.2, 0) is 13.5 Å². The molecule has 34 heavy (non-hydrogen) atoms. The Hall–Kier alpha value is -3.48. The minimum Gasteiger partial charge on any atom is -0.485 e. The number of rotatable bonds is 9. The summed E-state index contributed by atoms with van der Waals surface area (Å²) in [7, 11) is 1.79. The third kappa shape index (κ3) is 5.53. The van der Waals surface area contributed by atoms with E-state index in [0.29, 0.717) is 28.6 Å². The molecule has 7 heteroatoms. The Morgan fingerprint density at radius 3 is 2.53 bits per heavy atom. The van der Waals surface area contributed by atoms with Gasteiger partial charge in [-0.25, -0.2) is 0 Å². The Bertz CT molecular complexity index is 1210. The molecule has 1 fully saturated rings. The van der Waals surface area contributed by atoms with Crippen LogP contribution in [0, 0.1) is 25.2 Å². The van der Waals surface area contributed by atoms with Gasteiger partial charge in [-0.05, 0) is 79.8 Å². The molecule has 178 valence electrons. The van der Waals surface area contributed by atoms with Crippen molar-refractivity contribution in [3.63, 3.8) is 0 Å². The number of aryl methyl sites for hydroxylation is 3. The molecular weight excluding hydrogens is 428 g/mol. The first-order chi connectivity index (χ1) is 16.1. The van der Waals surface area contributed by atoms with Crippen LogP contribution in [0.2, 0.25) is 0 Å². The monoisotopic (exact) mass is 460 g/mol.